The van der Waals surface area contributed by atoms with Gasteiger partial charge in [-0.2, -0.15) is 13.2 Å². The van der Waals surface area contributed by atoms with Gasteiger partial charge in [-0.3, -0.25) is 4.79 Å². The largest absolute Gasteiger partial charge is 0.416 e. The number of halogens is 4. The molecule has 1 aliphatic rings. The highest BCUT2D eigenvalue weighted by atomic mass is 35.5. The van der Waals surface area contributed by atoms with Crippen molar-refractivity contribution in [1.29, 1.82) is 0 Å². The minimum Gasteiger partial charge on any atom is -0.347 e. The van der Waals surface area contributed by atoms with Crippen molar-refractivity contribution in [1.82, 2.24) is 5.32 Å². The van der Waals surface area contributed by atoms with E-state index >= 15 is 0 Å². The van der Waals surface area contributed by atoms with Gasteiger partial charge in [0.2, 0.25) is 5.91 Å². The van der Waals surface area contributed by atoms with Crippen LogP contribution < -0.4 is 11.1 Å². The first kappa shape index (κ1) is 19.8. The second-order valence-electron chi connectivity index (χ2n) is 5.81. The quantitative estimate of drug-likeness (QED) is 0.868. The third kappa shape index (κ3) is 4.85. The third-order valence-corrected chi connectivity index (χ3v) is 4.20. The zero-order chi connectivity index (χ0) is 16.2. The summed E-state index contributed by atoms with van der Waals surface area (Å²) in [5.41, 5.74) is 4.54. The van der Waals surface area contributed by atoms with E-state index in [1.165, 1.54) is 6.07 Å². The van der Waals surface area contributed by atoms with Crippen molar-refractivity contribution in [2.45, 2.75) is 50.2 Å². The lowest BCUT2D eigenvalue weighted by atomic mass is 9.76. The zero-order valence-electron chi connectivity index (χ0n) is 12.8. The third-order valence-electron chi connectivity index (χ3n) is 4.20. The number of alkyl halides is 3. The highest BCUT2D eigenvalue weighted by Gasteiger charge is 2.37. The van der Waals surface area contributed by atoms with Crippen molar-refractivity contribution >= 4 is 18.3 Å². The Hall–Kier alpha value is -1.27. The van der Waals surface area contributed by atoms with Gasteiger partial charge in [0, 0.05) is 13.0 Å². The van der Waals surface area contributed by atoms with E-state index in [1.807, 2.05) is 0 Å². The van der Waals surface area contributed by atoms with Crippen LogP contribution in [-0.2, 0) is 16.5 Å². The van der Waals surface area contributed by atoms with E-state index in [0.717, 1.165) is 31.4 Å². The van der Waals surface area contributed by atoms with Crippen LogP contribution in [0.25, 0.3) is 0 Å². The van der Waals surface area contributed by atoms with Gasteiger partial charge >= 0.3 is 6.18 Å². The van der Waals surface area contributed by atoms with Crippen LogP contribution in [-0.4, -0.2) is 12.5 Å². The van der Waals surface area contributed by atoms with Crippen LogP contribution >= 0.6 is 12.4 Å². The van der Waals surface area contributed by atoms with Gasteiger partial charge in [-0.05, 0) is 30.5 Å². The standard InChI is InChI=1S/C16H21F3N2O.ClH/c17-16(18,19)13-6-4-5-12(11-13)15(8-2-1-3-9-15)21-14(22)7-10-20;/h4-6,11H,1-3,7-10,20H2,(H,21,22);1H. The monoisotopic (exact) mass is 350 g/mol. The Kier molecular flexibility index (Phi) is 6.89. The summed E-state index contributed by atoms with van der Waals surface area (Å²) in [6, 6.07) is 5.29. The van der Waals surface area contributed by atoms with E-state index in [-0.39, 0.29) is 31.3 Å². The lowest BCUT2D eigenvalue weighted by Crippen LogP contribution is -2.47. The van der Waals surface area contributed by atoms with E-state index in [0.29, 0.717) is 18.4 Å². The van der Waals surface area contributed by atoms with Crippen LogP contribution in [0.3, 0.4) is 0 Å². The first-order valence-electron chi connectivity index (χ1n) is 7.56. The molecule has 0 bridgehead atoms. The highest BCUT2D eigenvalue weighted by molar-refractivity contribution is 5.85. The van der Waals surface area contributed by atoms with Crippen LogP contribution in [0, 0.1) is 0 Å². The fourth-order valence-electron chi connectivity index (χ4n) is 3.09. The minimum atomic E-state index is -4.38. The van der Waals surface area contributed by atoms with Gasteiger partial charge in [0.25, 0.3) is 0 Å². The fourth-order valence-corrected chi connectivity index (χ4v) is 3.09. The van der Waals surface area contributed by atoms with Crippen LogP contribution in [0.15, 0.2) is 24.3 Å². The number of carbonyl (C=O) groups excluding carboxylic acids is 1. The summed E-state index contributed by atoms with van der Waals surface area (Å²) in [4.78, 5) is 12.0. The maximum atomic E-state index is 12.9. The number of amides is 1. The number of nitrogens with one attached hydrogen (secondary N) is 1. The number of carbonyl (C=O) groups is 1. The SMILES string of the molecule is Cl.NCCC(=O)NC1(c2cccc(C(F)(F)F)c2)CCCCC1. The molecule has 2 rings (SSSR count). The van der Waals surface area contributed by atoms with Crippen LogP contribution in [0.2, 0.25) is 0 Å². The van der Waals surface area contributed by atoms with Crippen molar-refractivity contribution < 1.29 is 18.0 Å². The lowest BCUT2D eigenvalue weighted by molar-refractivity contribution is -0.137. The molecule has 0 saturated heterocycles. The topological polar surface area (TPSA) is 55.1 Å². The van der Waals surface area contributed by atoms with E-state index in [4.69, 9.17) is 5.73 Å². The molecule has 0 heterocycles. The van der Waals surface area contributed by atoms with Gasteiger partial charge in [-0.25, -0.2) is 0 Å². The van der Waals surface area contributed by atoms with Gasteiger partial charge in [0.05, 0.1) is 11.1 Å². The number of nitrogens with two attached hydrogens (primary N) is 1. The molecule has 130 valence electrons. The second-order valence-corrected chi connectivity index (χ2v) is 5.81. The summed E-state index contributed by atoms with van der Waals surface area (Å²) < 4.78 is 38.8. The van der Waals surface area contributed by atoms with E-state index in [9.17, 15) is 18.0 Å². The summed E-state index contributed by atoms with van der Waals surface area (Å²) in [6.45, 7) is 0.227. The Bertz CT molecular complexity index is 528. The average Bonchev–Trinajstić information content (AvgIpc) is 2.47. The van der Waals surface area contributed by atoms with Gasteiger partial charge < -0.3 is 11.1 Å². The van der Waals surface area contributed by atoms with Crippen LogP contribution in [0.4, 0.5) is 13.2 Å². The molecule has 0 unspecified atom stereocenters. The summed E-state index contributed by atoms with van der Waals surface area (Å²) in [5, 5.41) is 2.94. The molecule has 1 amide bonds. The van der Waals surface area contributed by atoms with Crippen molar-refractivity contribution in [2.75, 3.05) is 6.54 Å². The molecule has 0 spiro atoms. The van der Waals surface area contributed by atoms with E-state index in [1.54, 1.807) is 6.07 Å². The predicted octanol–water partition coefficient (Wildman–Crippen LogP) is 3.75. The molecule has 0 aliphatic heterocycles. The Morgan fingerprint density at radius 3 is 2.43 bits per heavy atom. The number of hydrogen-bond acceptors (Lipinski definition) is 2. The molecule has 0 atom stereocenters. The summed E-state index contributed by atoms with van der Waals surface area (Å²) >= 11 is 0. The molecule has 0 radical (unpaired) electrons. The molecular weight excluding hydrogens is 329 g/mol. The molecule has 3 nitrogen and oxygen atoms in total. The van der Waals surface area contributed by atoms with E-state index < -0.39 is 17.3 Å². The van der Waals surface area contributed by atoms with Gasteiger partial charge in [0.15, 0.2) is 0 Å². The minimum absolute atomic E-state index is 0. The normalized spacial score (nSPS) is 17.2. The molecule has 23 heavy (non-hydrogen) atoms. The Morgan fingerprint density at radius 2 is 1.87 bits per heavy atom. The van der Waals surface area contributed by atoms with Crippen LogP contribution in [0.5, 0.6) is 0 Å². The van der Waals surface area contributed by atoms with Crippen molar-refractivity contribution in [3.63, 3.8) is 0 Å². The second kappa shape index (κ2) is 8.02. The highest BCUT2D eigenvalue weighted by Crippen LogP contribution is 2.39. The Morgan fingerprint density at radius 1 is 1.22 bits per heavy atom. The predicted molar refractivity (Wildman–Crippen MR) is 85.3 cm³/mol. The Balaban J connectivity index is 0.00000264. The first-order valence-corrected chi connectivity index (χ1v) is 7.56. The zero-order valence-corrected chi connectivity index (χ0v) is 13.6. The maximum Gasteiger partial charge on any atom is 0.416 e. The number of hydrogen-bond donors (Lipinski definition) is 2. The van der Waals surface area contributed by atoms with Crippen LogP contribution in [0.1, 0.15) is 49.7 Å². The lowest BCUT2D eigenvalue weighted by Gasteiger charge is -2.39. The summed E-state index contributed by atoms with van der Waals surface area (Å²) in [6.07, 6.45) is -0.0745. The van der Waals surface area contributed by atoms with E-state index in [2.05, 4.69) is 5.32 Å². The molecule has 1 aliphatic carbocycles. The molecular formula is C16H22ClF3N2O. The van der Waals surface area contributed by atoms with Gasteiger partial charge in [-0.15, -0.1) is 12.4 Å². The molecule has 0 aromatic heterocycles. The summed E-state index contributed by atoms with van der Waals surface area (Å²) in [5.74, 6) is -0.207. The maximum absolute atomic E-state index is 12.9. The van der Waals surface area contributed by atoms with Gasteiger partial charge in [0.1, 0.15) is 0 Å². The molecule has 1 aromatic rings. The fraction of sp³-hybridized carbons (Fsp3) is 0.562. The average molecular weight is 351 g/mol. The molecule has 1 aromatic carbocycles. The number of rotatable bonds is 4. The van der Waals surface area contributed by atoms with Crippen molar-refractivity contribution in [3.05, 3.63) is 35.4 Å². The summed E-state index contributed by atoms with van der Waals surface area (Å²) in [7, 11) is 0. The Labute approximate surface area is 140 Å². The van der Waals surface area contributed by atoms with Crippen molar-refractivity contribution in [2.24, 2.45) is 5.73 Å². The van der Waals surface area contributed by atoms with Crippen molar-refractivity contribution in [3.8, 4) is 0 Å². The number of benzene rings is 1. The smallest absolute Gasteiger partial charge is 0.347 e. The molecule has 3 N–H and O–H groups in total. The first-order chi connectivity index (χ1) is 10.4. The molecule has 7 heteroatoms. The molecule has 1 fully saturated rings. The molecule has 1 saturated carbocycles. The van der Waals surface area contributed by atoms with Gasteiger partial charge in [-0.1, -0.05) is 31.4 Å².